The van der Waals surface area contributed by atoms with E-state index in [4.69, 9.17) is 19.4 Å². The summed E-state index contributed by atoms with van der Waals surface area (Å²) in [5.74, 6) is -1.71. The molecule has 0 aromatic carbocycles. The van der Waals surface area contributed by atoms with Gasteiger partial charge in [0, 0.05) is 32.1 Å². The molecule has 33 heavy (non-hydrogen) atoms. The number of pyridine rings is 1. The highest BCUT2D eigenvalue weighted by Gasteiger charge is 2.45. The van der Waals surface area contributed by atoms with Crippen LogP contribution in [-0.4, -0.2) is 64.4 Å². The number of nitrogens with zero attached hydrogens (tertiary/aromatic N) is 2. The minimum atomic E-state index is -5.08. The van der Waals surface area contributed by atoms with Gasteiger partial charge in [-0.05, 0) is 50.7 Å². The third kappa shape index (κ3) is 7.45. The number of carbonyl (C=O) groups excluding carboxylic acids is 1. The molecule has 2 atom stereocenters. The average Bonchev–Trinajstić information content (AvgIpc) is 3.16. The Bertz CT molecular complexity index is 846. The predicted octanol–water partition coefficient (Wildman–Crippen LogP) is 4.13. The molecule has 0 bridgehead atoms. The summed E-state index contributed by atoms with van der Waals surface area (Å²) in [6.07, 6.45) is 8.84. The van der Waals surface area contributed by atoms with Crippen LogP contribution in [0.4, 0.5) is 13.2 Å². The molecule has 1 amide bonds. The minimum absolute atomic E-state index is 0.0373. The molecule has 4 rings (SSSR count). The van der Waals surface area contributed by atoms with Crippen molar-refractivity contribution in [1.82, 2.24) is 9.88 Å². The van der Waals surface area contributed by atoms with E-state index < -0.39 is 12.1 Å². The van der Waals surface area contributed by atoms with E-state index in [0.29, 0.717) is 19.6 Å². The van der Waals surface area contributed by atoms with Crippen LogP contribution in [0, 0.1) is 0 Å². The molecule has 2 fully saturated rings. The zero-order valence-corrected chi connectivity index (χ0v) is 18.4. The molecule has 7 nitrogen and oxygen atoms in total. The molecule has 0 unspecified atom stereocenters. The van der Waals surface area contributed by atoms with Crippen LogP contribution in [-0.2, 0) is 14.3 Å². The first-order chi connectivity index (χ1) is 15.7. The third-order valence-corrected chi connectivity index (χ3v) is 6.01. The van der Waals surface area contributed by atoms with Crippen molar-refractivity contribution in [1.29, 1.82) is 0 Å². The largest absolute Gasteiger partial charge is 0.490 e. The van der Waals surface area contributed by atoms with Crippen LogP contribution in [0.5, 0.6) is 5.75 Å². The monoisotopic (exact) mass is 470 g/mol. The maximum Gasteiger partial charge on any atom is 0.490 e. The number of carboxylic acid groups (broad SMARTS) is 1. The summed E-state index contributed by atoms with van der Waals surface area (Å²) in [7, 11) is 0. The topological polar surface area (TPSA) is 89.0 Å². The fourth-order valence-corrected chi connectivity index (χ4v) is 4.45. The summed E-state index contributed by atoms with van der Waals surface area (Å²) in [5, 5.41) is 7.12. The second kappa shape index (κ2) is 11.0. The van der Waals surface area contributed by atoms with E-state index in [1.54, 1.807) is 12.4 Å². The Hall–Kier alpha value is -2.62. The molecular weight excluding hydrogens is 441 g/mol. The van der Waals surface area contributed by atoms with Crippen molar-refractivity contribution >= 4 is 11.9 Å². The van der Waals surface area contributed by atoms with E-state index in [9.17, 15) is 18.0 Å². The van der Waals surface area contributed by atoms with E-state index in [0.717, 1.165) is 44.4 Å². The number of halogens is 3. The van der Waals surface area contributed by atoms with Crippen molar-refractivity contribution in [3.63, 3.8) is 0 Å². The molecule has 1 spiro atoms. The summed E-state index contributed by atoms with van der Waals surface area (Å²) in [4.78, 5) is 27.8. The number of aliphatic carboxylic acids is 1. The zero-order valence-electron chi connectivity index (χ0n) is 18.4. The van der Waals surface area contributed by atoms with Gasteiger partial charge in [0.05, 0.1) is 18.4 Å². The Labute approximate surface area is 190 Å². The normalized spacial score (nSPS) is 25.1. The van der Waals surface area contributed by atoms with Gasteiger partial charge in [-0.15, -0.1) is 0 Å². The molecule has 0 radical (unpaired) electrons. The SMILES string of the molecule is O=C(CC1=CCCCC1)N1CCC[C@]2(C[C@@H](Oc3cccnc3)CO2)C1.O=C(O)C(F)(F)F. The Morgan fingerprint density at radius 1 is 1.30 bits per heavy atom. The van der Waals surface area contributed by atoms with Crippen LogP contribution >= 0.6 is 0 Å². The number of hydrogen-bond acceptors (Lipinski definition) is 5. The van der Waals surface area contributed by atoms with Gasteiger partial charge in [-0.1, -0.05) is 11.6 Å². The fraction of sp³-hybridized carbons (Fsp3) is 0.609. The molecule has 10 heteroatoms. The van der Waals surface area contributed by atoms with Crippen molar-refractivity contribution in [2.24, 2.45) is 0 Å². The lowest BCUT2D eigenvalue weighted by Crippen LogP contribution is -2.50. The summed E-state index contributed by atoms with van der Waals surface area (Å²) < 4.78 is 43.9. The highest BCUT2D eigenvalue weighted by molar-refractivity contribution is 5.79. The van der Waals surface area contributed by atoms with Gasteiger partial charge in [0.15, 0.2) is 0 Å². The number of hydrogen-bond donors (Lipinski definition) is 1. The summed E-state index contributed by atoms with van der Waals surface area (Å²) in [6.45, 7) is 2.14. The number of allylic oxidation sites excluding steroid dienone is 1. The summed E-state index contributed by atoms with van der Waals surface area (Å²) >= 11 is 0. The van der Waals surface area contributed by atoms with Crippen LogP contribution in [0.25, 0.3) is 0 Å². The molecule has 3 aliphatic rings. The molecule has 0 saturated carbocycles. The first-order valence-corrected chi connectivity index (χ1v) is 11.1. The van der Waals surface area contributed by atoms with Crippen molar-refractivity contribution in [3.05, 3.63) is 36.2 Å². The second-order valence-corrected chi connectivity index (χ2v) is 8.63. The standard InChI is InChI=1S/C21H28N2O3.C2HF3O2/c24-20(12-17-6-2-1-3-7-17)23-11-5-9-21(16-23)13-19(15-25-21)26-18-8-4-10-22-14-18;3-2(4,5)1(6)7/h4,6,8,10,14,19H,1-3,5,7,9,11-13,15-16H2;(H,6,7)/t19-,21+;/m1./s1. The molecule has 1 aromatic rings. The first kappa shape index (κ1) is 25.0. The Morgan fingerprint density at radius 2 is 2.09 bits per heavy atom. The molecule has 1 N–H and O–H groups in total. The van der Waals surface area contributed by atoms with Gasteiger partial charge in [-0.2, -0.15) is 13.2 Å². The zero-order chi connectivity index (χ0) is 23.9. The van der Waals surface area contributed by atoms with Crippen molar-refractivity contribution in [2.75, 3.05) is 19.7 Å². The highest BCUT2D eigenvalue weighted by Crippen LogP contribution is 2.36. The van der Waals surface area contributed by atoms with E-state index >= 15 is 0 Å². The van der Waals surface area contributed by atoms with Gasteiger partial charge in [-0.3, -0.25) is 9.78 Å². The Kier molecular flexibility index (Phi) is 8.34. The van der Waals surface area contributed by atoms with Gasteiger partial charge >= 0.3 is 12.1 Å². The number of ether oxygens (including phenoxy) is 2. The van der Waals surface area contributed by atoms with Crippen molar-refractivity contribution in [3.8, 4) is 5.75 Å². The van der Waals surface area contributed by atoms with Crippen LogP contribution in [0.3, 0.4) is 0 Å². The molecule has 182 valence electrons. The summed E-state index contributed by atoms with van der Waals surface area (Å²) in [5.41, 5.74) is 1.09. The number of likely N-dealkylation sites (tertiary alicyclic amines) is 1. The number of piperidine rings is 1. The lowest BCUT2D eigenvalue weighted by Gasteiger charge is -2.39. The average molecular weight is 470 g/mol. The maximum atomic E-state index is 12.8. The van der Waals surface area contributed by atoms with Gasteiger partial charge in [0.2, 0.25) is 5.91 Å². The predicted molar refractivity (Wildman–Crippen MR) is 113 cm³/mol. The van der Waals surface area contributed by atoms with E-state index in [-0.39, 0.29) is 17.6 Å². The number of carboxylic acids is 1. The number of amides is 1. The number of carbonyl (C=O) groups is 2. The van der Waals surface area contributed by atoms with Gasteiger partial charge in [0.1, 0.15) is 11.9 Å². The van der Waals surface area contributed by atoms with E-state index in [1.807, 2.05) is 17.0 Å². The first-order valence-electron chi connectivity index (χ1n) is 11.1. The number of alkyl halides is 3. The molecule has 2 aliphatic heterocycles. The molecule has 2 saturated heterocycles. The van der Waals surface area contributed by atoms with Crippen molar-refractivity contribution < 1.29 is 37.3 Å². The minimum Gasteiger partial charge on any atom is -0.486 e. The Morgan fingerprint density at radius 3 is 2.73 bits per heavy atom. The van der Waals surface area contributed by atoms with Crippen LogP contribution in [0.2, 0.25) is 0 Å². The van der Waals surface area contributed by atoms with Crippen molar-refractivity contribution in [2.45, 2.75) is 69.2 Å². The van der Waals surface area contributed by atoms with E-state index in [2.05, 4.69) is 11.1 Å². The molecule has 1 aromatic heterocycles. The molecule has 1 aliphatic carbocycles. The summed E-state index contributed by atoms with van der Waals surface area (Å²) in [6, 6.07) is 3.80. The molecular formula is C23H29F3N2O5. The van der Waals surface area contributed by atoms with E-state index in [1.165, 1.54) is 18.4 Å². The quantitative estimate of drug-likeness (QED) is 0.666. The maximum absolute atomic E-state index is 12.8. The van der Waals surface area contributed by atoms with Crippen LogP contribution in [0.15, 0.2) is 36.2 Å². The van der Waals surface area contributed by atoms with Crippen LogP contribution in [0.1, 0.15) is 51.4 Å². The lowest BCUT2D eigenvalue weighted by molar-refractivity contribution is -0.192. The number of rotatable bonds is 4. The smallest absolute Gasteiger partial charge is 0.486 e. The Balaban J connectivity index is 0.000000383. The third-order valence-electron chi connectivity index (χ3n) is 6.01. The highest BCUT2D eigenvalue weighted by atomic mass is 19.4. The molecule has 3 heterocycles. The van der Waals surface area contributed by atoms with Gasteiger partial charge in [-0.25, -0.2) is 4.79 Å². The van der Waals surface area contributed by atoms with Gasteiger partial charge in [0.25, 0.3) is 0 Å². The number of aromatic nitrogens is 1. The second-order valence-electron chi connectivity index (χ2n) is 8.63. The lowest BCUT2D eigenvalue weighted by atomic mass is 9.88. The van der Waals surface area contributed by atoms with Gasteiger partial charge < -0.3 is 19.5 Å². The van der Waals surface area contributed by atoms with Crippen LogP contribution < -0.4 is 4.74 Å². The fourth-order valence-electron chi connectivity index (χ4n) is 4.45.